The molecule has 0 radical (unpaired) electrons. The summed E-state index contributed by atoms with van der Waals surface area (Å²) in [6.45, 7) is 1.82. The molecule has 1 aliphatic heterocycles. The van der Waals surface area contributed by atoms with E-state index in [0.717, 1.165) is 12.1 Å². The highest BCUT2D eigenvalue weighted by molar-refractivity contribution is 7.89. The van der Waals surface area contributed by atoms with Gasteiger partial charge in [0.15, 0.2) is 5.03 Å². The normalized spacial score (nSPS) is 17.1. The molecular formula is C19H24F2N4O4S. The van der Waals surface area contributed by atoms with E-state index in [1.165, 1.54) is 10.5 Å². The molecule has 2 N–H and O–H groups in total. The number of amides is 1. The van der Waals surface area contributed by atoms with Crippen LogP contribution in [-0.4, -0.2) is 52.9 Å². The zero-order valence-corrected chi connectivity index (χ0v) is 17.5. The van der Waals surface area contributed by atoms with E-state index in [1.54, 1.807) is 18.5 Å². The monoisotopic (exact) mass is 442 g/mol. The summed E-state index contributed by atoms with van der Waals surface area (Å²) in [5.41, 5.74) is -0.108. The van der Waals surface area contributed by atoms with Crippen LogP contribution in [0.15, 0.2) is 29.4 Å². The molecule has 1 amide bonds. The third-order valence-electron chi connectivity index (χ3n) is 5.31. The Balaban J connectivity index is 1.54. The lowest BCUT2D eigenvalue weighted by atomic mass is 9.97. The summed E-state index contributed by atoms with van der Waals surface area (Å²) in [6.07, 6.45) is 0.775. The highest BCUT2D eigenvalue weighted by atomic mass is 32.2. The molecule has 0 saturated carbocycles. The van der Waals surface area contributed by atoms with Gasteiger partial charge in [0.25, 0.3) is 10.0 Å². The molecule has 8 nitrogen and oxygen atoms in total. The SMILES string of the molecule is Cc1nc(S(=O)(=O)N2CCC(C(=O)NCC(O)c3ccc(F)cc3F)CC2)cn1C. The van der Waals surface area contributed by atoms with Gasteiger partial charge in [-0.2, -0.15) is 4.31 Å². The molecule has 11 heteroatoms. The Labute approximate surface area is 173 Å². The van der Waals surface area contributed by atoms with Crippen molar-refractivity contribution in [1.29, 1.82) is 0 Å². The van der Waals surface area contributed by atoms with E-state index in [0.29, 0.717) is 24.7 Å². The van der Waals surface area contributed by atoms with Crippen molar-refractivity contribution >= 4 is 15.9 Å². The zero-order valence-electron chi connectivity index (χ0n) is 16.7. The quantitative estimate of drug-likeness (QED) is 0.701. The number of rotatable bonds is 6. The maximum Gasteiger partial charge on any atom is 0.262 e. The number of hydrogen-bond acceptors (Lipinski definition) is 5. The van der Waals surface area contributed by atoms with Gasteiger partial charge in [-0.15, -0.1) is 0 Å². The molecule has 3 rings (SSSR count). The standard InChI is InChI=1S/C19H24F2N4O4S/c1-12-23-18(11-24(12)2)30(28,29)25-7-5-13(6-8-25)19(27)22-10-17(26)15-4-3-14(20)9-16(15)21/h3-4,9,11,13,17,26H,5-8,10H2,1-2H3,(H,22,27). The van der Waals surface area contributed by atoms with E-state index < -0.39 is 33.7 Å². The minimum Gasteiger partial charge on any atom is -0.386 e. The lowest BCUT2D eigenvalue weighted by Crippen LogP contribution is -2.43. The van der Waals surface area contributed by atoms with Crippen molar-refractivity contribution in [2.75, 3.05) is 19.6 Å². The average molecular weight is 442 g/mol. The summed E-state index contributed by atoms with van der Waals surface area (Å²) >= 11 is 0. The zero-order chi connectivity index (χ0) is 22.1. The molecule has 0 aliphatic carbocycles. The number of benzene rings is 1. The van der Waals surface area contributed by atoms with Gasteiger partial charge in [0.2, 0.25) is 5.91 Å². The number of carbonyl (C=O) groups excluding carboxylic acids is 1. The smallest absolute Gasteiger partial charge is 0.262 e. The number of aryl methyl sites for hydroxylation is 2. The van der Waals surface area contributed by atoms with Gasteiger partial charge in [-0.3, -0.25) is 4.79 Å². The molecule has 164 valence electrons. The van der Waals surface area contributed by atoms with Crippen LogP contribution in [0.5, 0.6) is 0 Å². The van der Waals surface area contributed by atoms with Crippen molar-refractivity contribution in [3.05, 3.63) is 47.4 Å². The summed E-state index contributed by atoms with van der Waals surface area (Å²) in [7, 11) is -2.01. The molecule has 0 bridgehead atoms. The topological polar surface area (TPSA) is 105 Å². The Morgan fingerprint density at radius 2 is 2.00 bits per heavy atom. The van der Waals surface area contributed by atoms with Crippen LogP contribution in [0.4, 0.5) is 8.78 Å². The number of aliphatic hydroxyl groups excluding tert-OH is 1. The van der Waals surface area contributed by atoms with Gasteiger partial charge >= 0.3 is 0 Å². The van der Waals surface area contributed by atoms with E-state index in [2.05, 4.69) is 10.3 Å². The predicted molar refractivity (Wildman–Crippen MR) is 104 cm³/mol. The van der Waals surface area contributed by atoms with Crippen molar-refractivity contribution in [1.82, 2.24) is 19.2 Å². The molecule has 0 spiro atoms. The largest absolute Gasteiger partial charge is 0.386 e. The van der Waals surface area contributed by atoms with Crippen LogP contribution in [-0.2, 0) is 21.9 Å². The van der Waals surface area contributed by atoms with Gasteiger partial charge in [0.05, 0.1) is 6.10 Å². The molecule has 1 fully saturated rings. The summed E-state index contributed by atoms with van der Waals surface area (Å²) in [4.78, 5) is 16.5. The predicted octanol–water partition coefficient (Wildman–Crippen LogP) is 1.26. The Bertz CT molecular complexity index is 1010. The first-order valence-electron chi connectivity index (χ1n) is 9.50. The van der Waals surface area contributed by atoms with Crippen molar-refractivity contribution in [2.45, 2.75) is 30.9 Å². The highest BCUT2D eigenvalue weighted by Gasteiger charge is 2.33. The third kappa shape index (κ3) is 4.68. The molecule has 1 saturated heterocycles. The number of halogens is 2. The summed E-state index contributed by atoms with van der Waals surface area (Å²) < 4.78 is 55.0. The van der Waals surface area contributed by atoms with Crippen LogP contribution in [0.25, 0.3) is 0 Å². The first-order valence-corrected chi connectivity index (χ1v) is 10.9. The fourth-order valence-corrected chi connectivity index (χ4v) is 4.86. The number of sulfonamides is 1. The Kier molecular flexibility index (Phi) is 6.53. The molecule has 1 unspecified atom stereocenters. The maximum absolute atomic E-state index is 13.7. The Morgan fingerprint density at radius 3 is 2.57 bits per heavy atom. The third-order valence-corrected chi connectivity index (χ3v) is 7.08. The van der Waals surface area contributed by atoms with Crippen LogP contribution in [0.2, 0.25) is 0 Å². The Morgan fingerprint density at radius 1 is 1.33 bits per heavy atom. The number of aliphatic hydroxyl groups is 1. The van der Waals surface area contributed by atoms with Crippen LogP contribution in [0.3, 0.4) is 0 Å². The number of nitrogens with zero attached hydrogens (tertiary/aromatic N) is 3. The van der Waals surface area contributed by atoms with E-state index in [-0.39, 0.29) is 36.1 Å². The first kappa shape index (κ1) is 22.3. The minimum absolute atomic E-state index is 0.0187. The van der Waals surface area contributed by atoms with E-state index in [1.807, 2.05) is 0 Å². The van der Waals surface area contributed by atoms with Gasteiger partial charge in [-0.25, -0.2) is 22.2 Å². The van der Waals surface area contributed by atoms with Gasteiger partial charge in [0.1, 0.15) is 17.5 Å². The number of nitrogens with one attached hydrogen (secondary N) is 1. The molecule has 30 heavy (non-hydrogen) atoms. The van der Waals surface area contributed by atoms with Gasteiger partial charge in [-0.1, -0.05) is 6.07 Å². The van der Waals surface area contributed by atoms with Gasteiger partial charge < -0.3 is 15.0 Å². The number of piperidine rings is 1. The molecule has 2 heterocycles. The second-order valence-corrected chi connectivity index (χ2v) is 9.23. The number of imidazole rings is 1. The molecule has 1 atom stereocenters. The summed E-state index contributed by atoms with van der Waals surface area (Å²) in [5.74, 6) is -1.83. The fourth-order valence-electron chi connectivity index (χ4n) is 3.36. The highest BCUT2D eigenvalue weighted by Crippen LogP contribution is 2.24. The van der Waals surface area contributed by atoms with Crippen LogP contribution < -0.4 is 5.32 Å². The lowest BCUT2D eigenvalue weighted by molar-refractivity contribution is -0.126. The van der Waals surface area contributed by atoms with Crippen molar-refractivity contribution in [3.63, 3.8) is 0 Å². The average Bonchev–Trinajstić information content (AvgIpc) is 3.05. The second kappa shape index (κ2) is 8.78. The van der Waals surface area contributed by atoms with E-state index in [9.17, 15) is 27.1 Å². The van der Waals surface area contributed by atoms with E-state index in [4.69, 9.17) is 0 Å². The van der Waals surface area contributed by atoms with Gasteiger partial charge in [0, 0.05) is 50.4 Å². The molecule has 2 aromatic rings. The number of hydrogen-bond donors (Lipinski definition) is 2. The van der Waals surface area contributed by atoms with E-state index >= 15 is 0 Å². The Hall–Kier alpha value is -2.37. The molecule has 1 aromatic heterocycles. The second-order valence-electron chi connectivity index (χ2n) is 7.34. The molecular weight excluding hydrogens is 418 g/mol. The first-order chi connectivity index (χ1) is 14.1. The van der Waals surface area contributed by atoms with Crippen molar-refractivity contribution in [2.24, 2.45) is 13.0 Å². The summed E-state index contributed by atoms with van der Waals surface area (Å²) in [5, 5.41) is 12.6. The molecule has 1 aliphatic rings. The van der Waals surface area contributed by atoms with Crippen LogP contribution in [0, 0.1) is 24.5 Å². The summed E-state index contributed by atoms with van der Waals surface area (Å²) in [6, 6.07) is 2.83. The van der Waals surface area contributed by atoms with Crippen molar-refractivity contribution in [3.8, 4) is 0 Å². The number of carbonyl (C=O) groups is 1. The fraction of sp³-hybridized carbons (Fsp3) is 0.474. The molecule has 1 aromatic carbocycles. The minimum atomic E-state index is -3.73. The maximum atomic E-state index is 13.7. The lowest BCUT2D eigenvalue weighted by Gasteiger charge is -2.30. The number of aromatic nitrogens is 2. The van der Waals surface area contributed by atoms with Crippen LogP contribution >= 0.6 is 0 Å². The van der Waals surface area contributed by atoms with Crippen molar-refractivity contribution < 1.29 is 27.1 Å². The van der Waals surface area contributed by atoms with Crippen LogP contribution in [0.1, 0.15) is 30.3 Å². The van der Waals surface area contributed by atoms with Gasteiger partial charge in [-0.05, 0) is 25.8 Å².